The number of imidazole rings is 1. The van der Waals surface area contributed by atoms with Gasteiger partial charge in [-0.15, -0.1) is 0 Å². The van der Waals surface area contributed by atoms with Crippen LogP contribution in [-0.2, 0) is 29.5 Å². The average molecular weight is 514 g/mol. The van der Waals surface area contributed by atoms with E-state index in [1.165, 1.54) is 4.57 Å². The van der Waals surface area contributed by atoms with Crippen molar-refractivity contribution in [2.75, 3.05) is 51.7 Å². The fraction of sp³-hybridized carbons (Fsp3) is 0.500. The van der Waals surface area contributed by atoms with Gasteiger partial charge in [0.1, 0.15) is 0 Å². The van der Waals surface area contributed by atoms with Gasteiger partial charge in [-0.3, -0.25) is 9.13 Å². The molecule has 0 atom stereocenters. The number of nitrogens with zero attached hydrogens (tertiary/aromatic N) is 5. The highest BCUT2D eigenvalue weighted by Crippen LogP contribution is 2.32. The zero-order valence-corrected chi connectivity index (χ0v) is 21.9. The van der Waals surface area contributed by atoms with Crippen molar-refractivity contribution >= 4 is 26.5 Å². The van der Waals surface area contributed by atoms with Crippen LogP contribution in [0, 0.1) is 0 Å². The van der Waals surface area contributed by atoms with E-state index in [2.05, 4.69) is 4.90 Å². The molecule has 0 saturated carbocycles. The Morgan fingerprint density at radius 2 is 1.61 bits per heavy atom. The molecular weight excluding hydrogens is 478 g/mol. The molecule has 1 N–H and O–H groups in total. The lowest BCUT2D eigenvalue weighted by atomic mass is 10.1. The number of fused-ring (bicyclic) bond motifs is 2. The lowest BCUT2D eigenvalue weighted by Gasteiger charge is -2.34. The number of piperazine rings is 1. The van der Waals surface area contributed by atoms with Gasteiger partial charge in [0.15, 0.2) is 0 Å². The fourth-order valence-electron chi connectivity index (χ4n) is 5.53. The second-order valence-corrected chi connectivity index (χ2v) is 11.8. The standard InChI is InChI=1S/C26H35N5O4S/c1-27(2)22-10-5-9-21-20(22)8-6-12-24(21)36(34,35)29-18-16-28(17-19-29)13-3-4-14-31-25(32)23-11-7-15-30(23)26(31)33/h5-6,8-10,12,32H,3-4,7,11,13-19H2,1-2H3. The highest BCUT2D eigenvalue weighted by atomic mass is 32.2. The van der Waals surface area contributed by atoms with E-state index >= 15 is 0 Å². The zero-order chi connectivity index (χ0) is 25.4. The van der Waals surface area contributed by atoms with Crippen molar-refractivity contribution in [1.29, 1.82) is 0 Å². The predicted molar refractivity (Wildman–Crippen MR) is 141 cm³/mol. The van der Waals surface area contributed by atoms with Crippen molar-refractivity contribution in [3.8, 4) is 5.88 Å². The maximum atomic E-state index is 13.6. The number of aromatic hydroxyl groups is 1. The molecule has 0 aliphatic carbocycles. The maximum Gasteiger partial charge on any atom is 0.331 e. The van der Waals surface area contributed by atoms with Gasteiger partial charge in [0.25, 0.3) is 0 Å². The van der Waals surface area contributed by atoms with E-state index in [0.29, 0.717) is 44.2 Å². The van der Waals surface area contributed by atoms with Crippen molar-refractivity contribution in [3.05, 3.63) is 52.6 Å². The summed E-state index contributed by atoms with van der Waals surface area (Å²) >= 11 is 0. The molecule has 1 fully saturated rings. The Hall–Kier alpha value is -2.82. The average Bonchev–Trinajstić information content (AvgIpc) is 3.45. The molecule has 194 valence electrons. The first-order valence-corrected chi connectivity index (χ1v) is 14.2. The smallest absolute Gasteiger partial charge is 0.331 e. The highest BCUT2D eigenvalue weighted by Gasteiger charge is 2.30. The Balaban J connectivity index is 1.18. The largest absolute Gasteiger partial charge is 0.493 e. The first-order valence-electron chi connectivity index (χ1n) is 12.7. The lowest BCUT2D eigenvalue weighted by molar-refractivity contribution is 0.184. The quantitative estimate of drug-likeness (QED) is 0.465. The second kappa shape index (κ2) is 9.91. The summed E-state index contributed by atoms with van der Waals surface area (Å²) in [6, 6.07) is 11.3. The molecule has 0 unspecified atom stereocenters. The molecule has 0 bridgehead atoms. The van der Waals surface area contributed by atoms with Crippen LogP contribution in [0.4, 0.5) is 5.69 Å². The van der Waals surface area contributed by atoms with Gasteiger partial charge in [-0.05, 0) is 44.4 Å². The zero-order valence-electron chi connectivity index (χ0n) is 21.1. The third kappa shape index (κ3) is 4.42. The van der Waals surface area contributed by atoms with E-state index in [-0.39, 0.29) is 11.6 Å². The lowest BCUT2D eigenvalue weighted by Crippen LogP contribution is -2.48. The Morgan fingerprint density at radius 1 is 0.917 bits per heavy atom. The first-order chi connectivity index (χ1) is 17.3. The molecule has 0 amide bonds. The van der Waals surface area contributed by atoms with Gasteiger partial charge in [0.2, 0.25) is 15.9 Å². The summed E-state index contributed by atoms with van der Waals surface area (Å²) in [6.45, 7) is 4.32. The van der Waals surface area contributed by atoms with Crippen LogP contribution in [0.1, 0.15) is 25.0 Å². The van der Waals surface area contributed by atoms with Crippen LogP contribution in [0.5, 0.6) is 5.88 Å². The van der Waals surface area contributed by atoms with Gasteiger partial charge >= 0.3 is 5.69 Å². The maximum absolute atomic E-state index is 13.6. The number of rotatable bonds is 8. The van der Waals surface area contributed by atoms with Crippen LogP contribution in [0.25, 0.3) is 10.8 Å². The number of unbranched alkanes of at least 4 members (excludes halogenated alkanes) is 1. The number of hydrogen-bond acceptors (Lipinski definition) is 6. The van der Waals surface area contributed by atoms with Gasteiger partial charge in [0, 0.05) is 69.8 Å². The van der Waals surface area contributed by atoms with Crippen LogP contribution in [0.3, 0.4) is 0 Å². The van der Waals surface area contributed by atoms with Crippen LogP contribution in [-0.4, -0.2) is 78.7 Å². The van der Waals surface area contributed by atoms with Crippen LogP contribution in [0.15, 0.2) is 46.1 Å². The Labute approximate surface area is 212 Å². The van der Waals surface area contributed by atoms with Crippen LogP contribution in [0.2, 0.25) is 0 Å². The second-order valence-electron chi connectivity index (χ2n) is 9.94. The van der Waals surface area contributed by atoms with Gasteiger partial charge in [0.05, 0.1) is 10.6 Å². The van der Waals surface area contributed by atoms with Crippen molar-refractivity contribution in [1.82, 2.24) is 18.3 Å². The number of anilines is 1. The van der Waals surface area contributed by atoms with Gasteiger partial charge in [-0.2, -0.15) is 4.31 Å². The fourth-order valence-corrected chi connectivity index (χ4v) is 7.16. The Bertz CT molecular complexity index is 1420. The summed E-state index contributed by atoms with van der Waals surface area (Å²) in [6.07, 6.45) is 3.35. The number of hydrogen-bond donors (Lipinski definition) is 1. The third-order valence-electron chi connectivity index (χ3n) is 7.49. The predicted octanol–water partition coefficient (Wildman–Crippen LogP) is 2.31. The minimum atomic E-state index is -3.60. The molecule has 0 radical (unpaired) electrons. The normalized spacial score (nSPS) is 17.1. The van der Waals surface area contributed by atoms with Gasteiger partial charge < -0.3 is 14.9 Å². The van der Waals surface area contributed by atoms with E-state index in [1.807, 2.05) is 49.3 Å². The van der Waals surface area contributed by atoms with E-state index in [0.717, 1.165) is 54.4 Å². The molecule has 2 aliphatic heterocycles. The summed E-state index contributed by atoms with van der Waals surface area (Å²) in [5.74, 6) is 0.127. The molecule has 36 heavy (non-hydrogen) atoms. The molecular formula is C26H35N5O4S. The third-order valence-corrected chi connectivity index (χ3v) is 9.45. The van der Waals surface area contributed by atoms with Crippen molar-refractivity contribution < 1.29 is 13.5 Å². The summed E-state index contributed by atoms with van der Waals surface area (Å²) in [4.78, 5) is 17.1. The summed E-state index contributed by atoms with van der Waals surface area (Å²) < 4.78 is 31.9. The van der Waals surface area contributed by atoms with E-state index in [9.17, 15) is 18.3 Å². The number of aromatic nitrogens is 2. The molecule has 3 heterocycles. The molecule has 1 saturated heterocycles. The van der Waals surface area contributed by atoms with E-state index in [1.54, 1.807) is 14.9 Å². The highest BCUT2D eigenvalue weighted by molar-refractivity contribution is 7.89. The minimum Gasteiger partial charge on any atom is -0.493 e. The van der Waals surface area contributed by atoms with E-state index < -0.39 is 10.0 Å². The van der Waals surface area contributed by atoms with Crippen molar-refractivity contribution in [3.63, 3.8) is 0 Å². The van der Waals surface area contributed by atoms with E-state index in [4.69, 9.17) is 0 Å². The minimum absolute atomic E-state index is 0.107. The SMILES string of the molecule is CN(C)c1cccc2c(S(=O)(=O)N3CCN(CCCCn4c(O)c5n(c4=O)CCC5)CC3)cccc12. The Morgan fingerprint density at radius 3 is 2.33 bits per heavy atom. The van der Waals surface area contributed by atoms with Gasteiger partial charge in [-0.25, -0.2) is 13.2 Å². The van der Waals surface area contributed by atoms with Crippen LogP contribution < -0.4 is 10.6 Å². The summed E-state index contributed by atoms with van der Waals surface area (Å²) in [5.41, 5.74) is 1.65. The van der Waals surface area contributed by atoms with Crippen LogP contribution >= 0.6 is 0 Å². The monoisotopic (exact) mass is 513 g/mol. The first kappa shape index (κ1) is 24.9. The molecule has 2 aliphatic rings. The molecule has 3 aromatic rings. The summed E-state index contributed by atoms with van der Waals surface area (Å²) in [5, 5.41) is 12.0. The topological polar surface area (TPSA) is 91.0 Å². The number of benzene rings is 2. The van der Waals surface area contributed by atoms with Crippen molar-refractivity contribution in [2.24, 2.45) is 0 Å². The van der Waals surface area contributed by atoms with Crippen molar-refractivity contribution in [2.45, 2.75) is 43.7 Å². The molecule has 10 heteroatoms. The molecule has 0 spiro atoms. The molecule has 2 aromatic carbocycles. The Kier molecular flexibility index (Phi) is 6.84. The number of sulfonamides is 1. The molecule has 9 nitrogen and oxygen atoms in total. The molecule has 5 rings (SSSR count). The van der Waals surface area contributed by atoms with Gasteiger partial charge in [-0.1, -0.05) is 24.3 Å². The molecule has 1 aromatic heterocycles. The summed E-state index contributed by atoms with van der Waals surface area (Å²) in [7, 11) is 0.315.